The Morgan fingerprint density at radius 3 is 2.92 bits per heavy atom. The van der Waals surface area contributed by atoms with Gasteiger partial charge in [0.2, 0.25) is 5.91 Å². The third kappa shape index (κ3) is 5.03. The number of fused-ring (bicyclic) bond motifs is 1. The molecule has 6 heteroatoms. The maximum atomic E-state index is 12.7. The maximum Gasteiger partial charge on any atom is 0.250 e. The monoisotopic (exact) mass is 365 g/mol. The third-order valence-corrected chi connectivity index (χ3v) is 6.63. The lowest BCUT2D eigenvalue weighted by molar-refractivity contribution is -0.142. The highest BCUT2D eigenvalue weighted by atomic mass is 32.1. The van der Waals surface area contributed by atoms with Crippen LogP contribution in [-0.2, 0) is 16.1 Å². The van der Waals surface area contributed by atoms with Crippen molar-refractivity contribution in [2.24, 2.45) is 23.3 Å². The molecule has 0 aromatic carbocycles. The van der Waals surface area contributed by atoms with E-state index >= 15 is 0 Å². The smallest absolute Gasteiger partial charge is 0.250 e. The molecule has 2 aliphatic carbocycles. The summed E-state index contributed by atoms with van der Waals surface area (Å²) >= 11 is 1.64. The zero-order valence-corrected chi connectivity index (χ0v) is 15.8. The van der Waals surface area contributed by atoms with E-state index in [1.165, 1.54) is 25.7 Å². The number of nitrogens with zero attached hydrogens (tertiary/aromatic N) is 1. The molecule has 2 saturated carbocycles. The molecule has 2 fully saturated rings. The van der Waals surface area contributed by atoms with Gasteiger partial charge >= 0.3 is 0 Å². The first-order valence-corrected chi connectivity index (χ1v) is 10.4. The Morgan fingerprint density at radius 1 is 1.32 bits per heavy atom. The first kappa shape index (κ1) is 18.8. The van der Waals surface area contributed by atoms with Crippen molar-refractivity contribution in [3.05, 3.63) is 22.4 Å². The third-order valence-electron chi connectivity index (χ3n) is 5.77. The molecule has 4 atom stereocenters. The van der Waals surface area contributed by atoms with Crippen LogP contribution in [0.5, 0.6) is 0 Å². The van der Waals surface area contributed by atoms with E-state index in [0.717, 1.165) is 29.6 Å². The predicted octanol–water partition coefficient (Wildman–Crippen LogP) is 2.70. The molecule has 3 rings (SSSR count). The number of rotatable bonds is 8. The fourth-order valence-corrected chi connectivity index (χ4v) is 5.07. The first-order chi connectivity index (χ1) is 12.2. The van der Waals surface area contributed by atoms with E-state index in [0.29, 0.717) is 19.5 Å². The summed E-state index contributed by atoms with van der Waals surface area (Å²) in [5.74, 6) is 1.70. The van der Waals surface area contributed by atoms with Crippen molar-refractivity contribution in [1.82, 2.24) is 4.90 Å². The maximum absolute atomic E-state index is 12.7. The summed E-state index contributed by atoms with van der Waals surface area (Å²) in [6.45, 7) is 1.14. The number of ether oxygens (including phenoxy) is 1. The average molecular weight is 366 g/mol. The summed E-state index contributed by atoms with van der Waals surface area (Å²) in [6, 6.07) is 4.02. The zero-order chi connectivity index (χ0) is 17.6. The summed E-state index contributed by atoms with van der Waals surface area (Å²) in [5, 5.41) is 2.02. The van der Waals surface area contributed by atoms with E-state index in [4.69, 9.17) is 16.2 Å². The lowest BCUT2D eigenvalue weighted by atomic mass is 9.80. The van der Waals surface area contributed by atoms with Crippen molar-refractivity contribution < 1.29 is 9.53 Å². The highest BCUT2D eigenvalue weighted by Crippen LogP contribution is 2.42. The van der Waals surface area contributed by atoms with Crippen LogP contribution in [0.4, 0.5) is 0 Å². The van der Waals surface area contributed by atoms with E-state index in [9.17, 15) is 4.79 Å². The van der Waals surface area contributed by atoms with E-state index in [1.54, 1.807) is 16.2 Å². The molecule has 25 heavy (non-hydrogen) atoms. The van der Waals surface area contributed by atoms with Gasteiger partial charge in [-0.2, -0.15) is 0 Å². The minimum atomic E-state index is -0.353. The lowest BCUT2D eigenvalue weighted by Crippen LogP contribution is -2.48. The molecule has 4 N–H and O–H groups in total. The second kappa shape index (κ2) is 9.12. The number of thiophene rings is 1. The number of carbonyl (C=O) groups excluding carboxylic acids is 1. The Kier molecular flexibility index (Phi) is 6.87. The summed E-state index contributed by atoms with van der Waals surface area (Å²) in [7, 11) is 0. The van der Waals surface area contributed by atoms with Gasteiger partial charge in [0.15, 0.2) is 0 Å². The van der Waals surface area contributed by atoms with Gasteiger partial charge in [-0.15, -0.1) is 11.3 Å². The quantitative estimate of drug-likeness (QED) is 0.694. The number of carbonyl (C=O) groups is 1. The number of hydrogen-bond acceptors (Lipinski definition) is 5. The molecule has 1 heterocycles. The van der Waals surface area contributed by atoms with Crippen LogP contribution in [0.1, 0.15) is 49.8 Å². The van der Waals surface area contributed by atoms with Crippen LogP contribution in [0, 0.1) is 11.8 Å². The zero-order valence-electron chi connectivity index (χ0n) is 14.9. The topological polar surface area (TPSA) is 81.6 Å². The summed E-state index contributed by atoms with van der Waals surface area (Å²) in [4.78, 5) is 15.6. The van der Waals surface area contributed by atoms with Crippen LogP contribution in [-0.4, -0.2) is 36.2 Å². The molecular formula is C19H31N3O2S. The highest BCUT2D eigenvalue weighted by Gasteiger charge is 2.34. The van der Waals surface area contributed by atoms with Crippen LogP contribution in [0.3, 0.4) is 0 Å². The lowest BCUT2D eigenvalue weighted by Gasteiger charge is -2.33. The van der Waals surface area contributed by atoms with Crippen LogP contribution in [0.15, 0.2) is 17.5 Å². The van der Waals surface area contributed by atoms with Gasteiger partial charge in [-0.3, -0.25) is 4.79 Å². The molecule has 2 aliphatic rings. The molecule has 0 radical (unpaired) electrons. The van der Waals surface area contributed by atoms with Gasteiger partial charge in [-0.05, 0) is 55.5 Å². The number of hydrogen-bond donors (Lipinski definition) is 2. The highest BCUT2D eigenvalue weighted by molar-refractivity contribution is 7.09. The predicted molar refractivity (Wildman–Crippen MR) is 101 cm³/mol. The van der Waals surface area contributed by atoms with Gasteiger partial charge in [0.25, 0.3) is 0 Å². The standard InChI is InChI=1S/C19H31N3O2S/c20-9-8-18(21)22(12-17-5-2-10-25-17)19(23)13-24-16-7-6-14-3-1-4-15(14)11-16/h2,5,10,14-16,18H,1,3-4,6-9,11-13,20-21H2/t14-,15?,16?,18?/m1/s1. The van der Waals surface area contributed by atoms with E-state index < -0.39 is 0 Å². The van der Waals surface area contributed by atoms with Crippen molar-refractivity contribution in [2.75, 3.05) is 13.2 Å². The van der Waals surface area contributed by atoms with Crippen LogP contribution in [0.2, 0.25) is 0 Å². The molecule has 0 spiro atoms. The van der Waals surface area contributed by atoms with Gasteiger partial charge < -0.3 is 21.1 Å². The van der Waals surface area contributed by atoms with Crippen LogP contribution >= 0.6 is 11.3 Å². The van der Waals surface area contributed by atoms with E-state index in [1.807, 2.05) is 17.5 Å². The Hall–Kier alpha value is -0.950. The van der Waals surface area contributed by atoms with Gasteiger partial charge in [0, 0.05) is 4.88 Å². The van der Waals surface area contributed by atoms with Crippen LogP contribution in [0.25, 0.3) is 0 Å². The summed E-state index contributed by atoms with van der Waals surface area (Å²) in [6.07, 6.45) is 8.05. The Balaban J connectivity index is 1.52. The van der Waals surface area contributed by atoms with Gasteiger partial charge in [-0.25, -0.2) is 0 Å². The van der Waals surface area contributed by atoms with Gasteiger partial charge in [-0.1, -0.05) is 25.3 Å². The molecule has 3 unspecified atom stereocenters. The van der Waals surface area contributed by atoms with Crippen molar-refractivity contribution in [3.63, 3.8) is 0 Å². The summed E-state index contributed by atoms with van der Waals surface area (Å²) < 4.78 is 6.01. The van der Waals surface area contributed by atoms with E-state index in [2.05, 4.69) is 0 Å². The van der Waals surface area contributed by atoms with E-state index in [-0.39, 0.29) is 24.8 Å². The largest absolute Gasteiger partial charge is 0.368 e. The average Bonchev–Trinajstić information content (AvgIpc) is 3.28. The Labute approximate surface area is 154 Å². The molecule has 0 bridgehead atoms. The normalized spacial score (nSPS) is 27.0. The molecule has 5 nitrogen and oxygen atoms in total. The SMILES string of the molecule is NCCC(N)N(Cc1cccs1)C(=O)COC1CC[C@H]2CCCC2C1. The molecule has 1 amide bonds. The Morgan fingerprint density at radius 2 is 2.16 bits per heavy atom. The van der Waals surface area contributed by atoms with Crippen molar-refractivity contribution in [1.29, 1.82) is 0 Å². The fraction of sp³-hybridized carbons (Fsp3) is 0.737. The molecule has 0 saturated heterocycles. The van der Waals surface area contributed by atoms with Crippen molar-refractivity contribution in [3.8, 4) is 0 Å². The molecule has 1 aromatic rings. The Bertz CT molecular complexity index is 537. The van der Waals surface area contributed by atoms with Crippen molar-refractivity contribution >= 4 is 17.2 Å². The molecular weight excluding hydrogens is 334 g/mol. The molecule has 140 valence electrons. The summed E-state index contributed by atoms with van der Waals surface area (Å²) in [5.41, 5.74) is 11.8. The first-order valence-electron chi connectivity index (χ1n) is 9.56. The molecule has 0 aliphatic heterocycles. The van der Waals surface area contributed by atoms with Crippen molar-refractivity contribution in [2.45, 2.75) is 63.8 Å². The fourth-order valence-electron chi connectivity index (χ4n) is 4.37. The van der Waals surface area contributed by atoms with Gasteiger partial charge in [0.05, 0.1) is 18.8 Å². The number of amides is 1. The second-order valence-electron chi connectivity index (χ2n) is 7.44. The van der Waals surface area contributed by atoms with Crippen LogP contribution < -0.4 is 11.5 Å². The minimum absolute atomic E-state index is 0.0251. The number of nitrogens with two attached hydrogens (primary N) is 2. The second-order valence-corrected chi connectivity index (χ2v) is 8.48. The van der Waals surface area contributed by atoms with Gasteiger partial charge in [0.1, 0.15) is 6.61 Å². The minimum Gasteiger partial charge on any atom is -0.368 e. The molecule has 1 aromatic heterocycles.